The minimum absolute atomic E-state index is 0.0190. The van der Waals surface area contributed by atoms with Gasteiger partial charge < -0.3 is 10.5 Å². The molecule has 0 saturated carbocycles. The van der Waals surface area contributed by atoms with Gasteiger partial charge in [0, 0.05) is 5.41 Å². The number of hydrogen-bond acceptors (Lipinski definition) is 7. The Morgan fingerprint density at radius 3 is 2.32 bits per heavy atom. The molecule has 2 aromatic rings. The van der Waals surface area contributed by atoms with Gasteiger partial charge in [0.05, 0.1) is 30.5 Å². The number of benzene rings is 1. The van der Waals surface area contributed by atoms with E-state index in [2.05, 4.69) is 10.3 Å². The summed E-state index contributed by atoms with van der Waals surface area (Å²) in [6.45, 7) is 5.89. The fraction of sp³-hybridized carbons (Fsp3) is 0.389. The second kappa shape index (κ2) is 7.39. The van der Waals surface area contributed by atoms with Crippen LogP contribution in [0.1, 0.15) is 53.3 Å². The van der Waals surface area contributed by atoms with E-state index in [1.807, 2.05) is 20.8 Å². The highest BCUT2D eigenvalue weighted by molar-refractivity contribution is 6.20. The highest BCUT2D eigenvalue weighted by atomic mass is 16.7. The molecule has 1 aromatic carbocycles. The molecule has 3 rings (SSSR count). The Kier molecular flexibility index (Phi) is 5.14. The molecule has 0 bridgehead atoms. The van der Waals surface area contributed by atoms with Gasteiger partial charge in [-0.15, -0.1) is 10.2 Å². The zero-order valence-corrected chi connectivity index (χ0v) is 15.8. The summed E-state index contributed by atoms with van der Waals surface area (Å²) in [6, 6.07) is 6.52. The standard InChI is InChI=1S/C18H21N5O5/c1-18(2,3)14(28-17(19)26)13-10-22(21-20-13)8-9-27-23-15(24)11-6-4-5-7-12(11)16(23)25/h4-7,10,14H,8-9H2,1-3H3,(H2,19,26). The zero-order chi connectivity index (χ0) is 20.5. The smallest absolute Gasteiger partial charge is 0.405 e. The summed E-state index contributed by atoms with van der Waals surface area (Å²) >= 11 is 0. The van der Waals surface area contributed by atoms with Gasteiger partial charge in [0.25, 0.3) is 11.8 Å². The van der Waals surface area contributed by atoms with Crippen LogP contribution in [0, 0.1) is 5.41 Å². The highest BCUT2D eigenvalue weighted by Gasteiger charge is 2.36. The Bertz CT molecular complexity index is 882. The van der Waals surface area contributed by atoms with E-state index in [-0.39, 0.29) is 13.2 Å². The number of rotatable bonds is 6. The minimum Gasteiger partial charge on any atom is -0.439 e. The fourth-order valence-corrected chi connectivity index (χ4v) is 2.85. The molecular weight excluding hydrogens is 366 g/mol. The summed E-state index contributed by atoms with van der Waals surface area (Å²) in [7, 11) is 0. The molecule has 28 heavy (non-hydrogen) atoms. The predicted octanol–water partition coefficient (Wildman–Crippen LogP) is 1.69. The van der Waals surface area contributed by atoms with Gasteiger partial charge in [0.2, 0.25) is 0 Å². The lowest BCUT2D eigenvalue weighted by Crippen LogP contribution is -2.31. The Hall–Kier alpha value is -3.27. The molecule has 0 aliphatic carbocycles. The second-order valence-corrected chi connectivity index (χ2v) is 7.37. The van der Waals surface area contributed by atoms with Crippen LogP contribution in [0.5, 0.6) is 0 Å². The Morgan fingerprint density at radius 1 is 1.18 bits per heavy atom. The van der Waals surface area contributed by atoms with Crippen LogP contribution in [-0.4, -0.2) is 44.6 Å². The topological polar surface area (TPSA) is 130 Å². The first kappa shape index (κ1) is 19.5. The third kappa shape index (κ3) is 3.86. The van der Waals surface area contributed by atoms with Crippen molar-refractivity contribution in [2.75, 3.05) is 6.61 Å². The van der Waals surface area contributed by atoms with E-state index < -0.39 is 29.4 Å². The number of nitrogens with zero attached hydrogens (tertiary/aromatic N) is 4. The van der Waals surface area contributed by atoms with Gasteiger partial charge in [-0.05, 0) is 12.1 Å². The molecule has 0 radical (unpaired) electrons. The molecule has 2 N–H and O–H groups in total. The van der Waals surface area contributed by atoms with Gasteiger partial charge in [-0.25, -0.2) is 9.48 Å². The quantitative estimate of drug-likeness (QED) is 0.746. The van der Waals surface area contributed by atoms with Crippen molar-refractivity contribution >= 4 is 17.9 Å². The number of aromatic nitrogens is 3. The van der Waals surface area contributed by atoms with E-state index in [1.165, 1.54) is 4.68 Å². The van der Waals surface area contributed by atoms with E-state index in [4.69, 9.17) is 15.3 Å². The molecule has 0 fully saturated rings. The van der Waals surface area contributed by atoms with Gasteiger partial charge in [0.15, 0.2) is 6.10 Å². The lowest BCUT2D eigenvalue weighted by atomic mass is 9.87. The molecule has 148 valence electrons. The molecule has 10 nitrogen and oxygen atoms in total. The van der Waals surface area contributed by atoms with Gasteiger partial charge >= 0.3 is 6.09 Å². The summed E-state index contributed by atoms with van der Waals surface area (Å²) in [5.41, 5.74) is 5.76. The number of fused-ring (bicyclic) bond motifs is 1. The van der Waals surface area contributed by atoms with Crippen LogP contribution < -0.4 is 5.73 Å². The van der Waals surface area contributed by atoms with E-state index in [1.54, 1.807) is 30.5 Å². The molecule has 3 amide bonds. The number of carbonyl (C=O) groups is 3. The van der Waals surface area contributed by atoms with Crippen molar-refractivity contribution in [2.24, 2.45) is 11.1 Å². The van der Waals surface area contributed by atoms with Crippen molar-refractivity contribution in [3.8, 4) is 0 Å². The molecule has 1 aliphatic rings. The SMILES string of the molecule is CC(C)(C)C(OC(N)=O)c1cn(CCON2C(=O)c3ccccc3C2=O)nn1. The Morgan fingerprint density at radius 2 is 1.79 bits per heavy atom. The number of primary amides is 1. The minimum atomic E-state index is -0.900. The fourth-order valence-electron chi connectivity index (χ4n) is 2.85. The summed E-state index contributed by atoms with van der Waals surface area (Å²) in [6.07, 6.45) is 0.0317. The molecule has 0 spiro atoms. The molecule has 1 unspecified atom stereocenters. The van der Waals surface area contributed by atoms with Crippen molar-refractivity contribution < 1.29 is 24.0 Å². The molecule has 10 heteroatoms. The zero-order valence-electron chi connectivity index (χ0n) is 15.8. The van der Waals surface area contributed by atoms with Gasteiger partial charge in [-0.3, -0.25) is 14.4 Å². The van der Waals surface area contributed by atoms with Crippen LogP contribution >= 0.6 is 0 Å². The van der Waals surface area contributed by atoms with Crippen LogP contribution in [0.2, 0.25) is 0 Å². The first-order valence-electron chi connectivity index (χ1n) is 8.65. The summed E-state index contributed by atoms with van der Waals surface area (Å²) in [4.78, 5) is 41.0. The number of hydrogen-bond donors (Lipinski definition) is 1. The second-order valence-electron chi connectivity index (χ2n) is 7.37. The summed E-state index contributed by atoms with van der Waals surface area (Å²) < 4.78 is 6.63. The summed E-state index contributed by atoms with van der Waals surface area (Å²) in [5, 5.41) is 8.74. The maximum atomic E-state index is 12.2. The first-order chi connectivity index (χ1) is 13.2. The van der Waals surface area contributed by atoms with Crippen LogP contribution in [0.3, 0.4) is 0 Å². The molecule has 1 aliphatic heterocycles. The van der Waals surface area contributed by atoms with Crippen molar-refractivity contribution in [1.29, 1.82) is 0 Å². The van der Waals surface area contributed by atoms with Crippen LogP contribution in [-0.2, 0) is 16.1 Å². The lowest BCUT2D eigenvalue weighted by Gasteiger charge is -2.27. The van der Waals surface area contributed by atoms with Crippen molar-refractivity contribution in [3.63, 3.8) is 0 Å². The number of ether oxygens (including phenoxy) is 1. The van der Waals surface area contributed by atoms with Gasteiger partial charge in [-0.1, -0.05) is 38.1 Å². The van der Waals surface area contributed by atoms with E-state index in [0.717, 1.165) is 5.06 Å². The third-order valence-corrected chi connectivity index (χ3v) is 4.14. The van der Waals surface area contributed by atoms with Crippen LogP contribution in [0.25, 0.3) is 0 Å². The number of imide groups is 1. The number of amides is 3. The molecular formula is C18H21N5O5. The van der Waals surface area contributed by atoms with Crippen molar-refractivity contribution in [2.45, 2.75) is 33.4 Å². The maximum Gasteiger partial charge on any atom is 0.405 e. The van der Waals surface area contributed by atoms with Crippen molar-refractivity contribution in [1.82, 2.24) is 20.1 Å². The van der Waals surface area contributed by atoms with E-state index >= 15 is 0 Å². The van der Waals surface area contributed by atoms with Crippen LogP contribution in [0.15, 0.2) is 30.5 Å². The third-order valence-electron chi connectivity index (χ3n) is 4.14. The van der Waals surface area contributed by atoms with Crippen LogP contribution in [0.4, 0.5) is 4.79 Å². The summed E-state index contributed by atoms with van der Waals surface area (Å²) in [5.74, 6) is -0.995. The molecule has 2 heterocycles. The normalized spacial score (nSPS) is 14.9. The van der Waals surface area contributed by atoms with E-state index in [9.17, 15) is 14.4 Å². The predicted molar refractivity (Wildman–Crippen MR) is 95.8 cm³/mol. The maximum absolute atomic E-state index is 12.2. The lowest BCUT2D eigenvalue weighted by molar-refractivity contribution is -0.0941. The molecule has 1 atom stereocenters. The Balaban J connectivity index is 1.62. The molecule has 1 aromatic heterocycles. The monoisotopic (exact) mass is 387 g/mol. The number of hydroxylamine groups is 2. The largest absolute Gasteiger partial charge is 0.439 e. The number of carbonyl (C=O) groups excluding carboxylic acids is 3. The van der Waals surface area contributed by atoms with Gasteiger partial charge in [-0.2, -0.15) is 0 Å². The Labute approximate surface area is 161 Å². The van der Waals surface area contributed by atoms with Crippen molar-refractivity contribution in [3.05, 3.63) is 47.3 Å². The number of nitrogens with two attached hydrogens (primary N) is 1. The molecule has 0 saturated heterocycles. The average Bonchev–Trinajstić information content (AvgIpc) is 3.18. The average molecular weight is 387 g/mol. The highest BCUT2D eigenvalue weighted by Crippen LogP contribution is 2.34. The first-order valence-corrected chi connectivity index (χ1v) is 8.65. The van der Waals surface area contributed by atoms with E-state index in [0.29, 0.717) is 16.8 Å². The van der Waals surface area contributed by atoms with Gasteiger partial charge in [0.1, 0.15) is 5.69 Å².